The first-order valence-electron chi connectivity index (χ1n) is 6.49. The van der Waals surface area contributed by atoms with E-state index in [2.05, 4.69) is 0 Å². The molecule has 0 fully saturated rings. The zero-order valence-electron chi connectivity index (χ0n) is 11.3. The minimum Gasteiger partial charge on any atom is -0.465 e. The molecule has 5 heteroatoms. The van der Waals surface area contributed by atoms with Gasteiger partial charge < -0.3 is 4.74 Å². The highest BCUT2D eigenvalue weighted by atomic mass is 32.2. The van der Waals surface area contributed by atoms with Gasteiger partial charge in [-0.2, -0.15) is 0 Å². The van der Waals surface area contributed by atoms with Crippen LogP contribution < -0.4 is 0 Å². The summed E-state index contributed by atoms with van der Waals surface area (Å²) in [5.41, 5.74) is 0. The molecule has 0 spiro atoms. The lowest BCUT2D eigenvalue weighted by Crippen LogP contribution is -2.32. The molecule has 0 aliphatic carbocycles. The number of hydrogen-bond acceptors (Lipinski definition) is 4. The predicted molar refractivity (Wildman–Crippen MR) is 73.6 cm³/mol. The number of ether oxygens (including phenoxy) is 1. The second-order valence-electron chi connectivity index (χ2n) is 4.24. The molecule has 4 nitrogen and oxygen atoms in total. The van der Waals surface area contributed by atoms with Crippen LogP contribution in [0.15, 0.2) is 35.2 Å². The molecule has 0 aromatic heterocycles. The Kier molecular flexibility index (Phi) is 6.02. The second-order valence-corrected chi connectivity index (χ2v) is 6.37. The molecule has 0 radical (unpaired) electrons. The van der Waals surface area contributed by atoms with Crippen LogP contribution in [0.1, 0.15) is 33.1 Å². The number of carbonyl (C=O) groups excluding carboxylic acids is 1. The number of rotatable bonds is 7. The third kappa shape index (κ3) is 4.06. The number of carbonyl (C=O) groups is 1. The Bertz CT molecular complexity index is 493. The van der Waals surface area contributed by atoms with Crippen molar-refractivity contribution in [2.45, 2.75) is 43.3 Å². The fraction of sp³-hybridized carbons (Fsp3) is 0.500. The summed E-state index contributed by atoms with van der Waals surface area (Å²) in [4.78, 5) is 12.0. The van der Waals surface area contributed by atoms with Gasteiger partial charge in [0.15, 0.2) is 15.1 Å². The first-order chi connectivity index (χ1) is 9.04. The zero-order chi connectivity index (χ0) is 14.3. The van der Waals surface area contributed by atoms with E-state index in [1.54, 1.807) is 25.1 Å². The van der Waals surface area contributed by atoms with E-state index in [0.717, 1.165) is 6.42 Å². The van der Waals surface area contributed by atoms with Gasteiger partial charge in [-0.15, -0.1) is 0 Å². The van der Waals surface area contributed by atoms with E-state index in [9.17, 15) is 13.2 Å². The van der Waals surface area contributed by atoms with Crippen LogP contribution in [0.5, 0.6) is 0 Å². The molecule has 1 aromatic rings. The fourth-order valence-electron chi connectivity index (χ4n) is 1.80. The quantitative estimate of drug-likeness (QED) is 0.722. The summed E-state index contributed by atoms with van der Waals surface area (Å²) in [5.74, 6) is -0.653. The van der Waals surface area contributed by atoms with Gasteiger partial charge in [-0.1, -0.05) is 38.0 Å². The third-order valence-corrected chi connectivity index (χ3v) is 4.92. The van der Waals surface area contributed by atoms with Crippen LogP contribution in [0.3, 0.4) is 0 Å². The summed E-state index contributed by atoms with van der Waals surface area (Å²) in [6, 6.07) is 8.05. The van der Waals surface area contributed by atoms with Crippen LogP contribution >= 0.6 is 0 Å². The molecule has 0 saturated heterocycles. The summed E-state index contributed by atoms with van der Waals surface area (Å²) < 4.78 is 29.8. The number of unbranched alkanes of at least 4 members (excludes halogenated alkanes) is 1. The largest absolute Gasteiger partial charge is 0.465 e. The van der Waals surface area contributed by atoms with Gasteiger partial charge in [0.1, 0.15) is 0 Å². The Morgan fingerprint density at radius 1 is 1.21 bits per heavy atom. The molecule has 106 valence electrons. The minimum absolute atomic E-state index is 0.171. The van der Waals surface area contributed by atoms with Crippen molar-refractivity contribution in [3.63, 3.8) is 0 Å². The van der Waals surface area contributed by atoms with Gasteiger partial charge in [-0.25, -0.2) is 8.42 Å². The highest BCUT2D eigenvalue weighted by molar-refractivity contribution is 7.92. The fourth-order valence-corrected chi connectivity index (χ4v) is 3.46. The number of benzene rings is 1. The zero-order valence-corrected chi connectivity index (χ0v) is 12.2. The molecule has 1 aromatic carbocycles. The molecule has 0 heterocycles. The van der Waals surface area contributed by atoms with Crippen molar-refractivity contribution in [2.75, 3.05) is 6.61 Å². The third-order valence-electron chi connectivity index (χ3n) is 2.82. The van der Waals surface area contributed by atoms with E-state index < -0.39 is 21.1 Å². The number of esters is 1. The SMILES string of the molecule is CCCCC(C(=O)OCC)S(=O)(=O)c1ccccc1. The maximum atomic E-state index is 12.5. The summed E-state index contributed by atoms with van der Waals surface area (Å²) in [5, 5.41) is -1.10. The van der Waals surface area contributed by atoms with Gasteiger partial charge in [-0.3, -0.25) is 4.79 Å². The maximum Gasteiger partial charge on any atom is 0.324 e. The van der Waals surface area contributed by atoms with Crippen LogP contribution in [0, 0.1) is 0 Å². The first-order valence-corrected chi connectivity index (χ1v) is 8.04. The van der Waals surface area contributed by atoms with Crippen molar-refractivity contribution < 1.29 is 17.9 Å². The normalized spacial score (nSPS) is 12.9. The van der Waals surface area contributed by atoms with Gasteiger partial charge in [-0.05, 0) is 25.5 Å². The summed E-state index contributed by atoms with van der Waals surface area (Å²) in [7, 11) is -3.67. The molecule has 1 rings (SSSR count). The van der Waals surface area contributed by atoms with Crippen molar-refractivity contribution in [1.82, 2.24) is 0 Å². The van der Waals surface area contributed by atoms with E-state index in [1.165, 1.54) is 12.1 Å². The van der Waals surface area contributed by atoms with Gasteiger partial charge in [0, 0.05) is 0 Å². The van der Waals surface area contributed by atoms with Crippen LogP contribution in [0.4, 0.5) is 0 Å². The van der Waals surface area contributed by atoms with E-state index >= 15 is 0 Å². The van der Waals surface area contributed by atoms with Crippen molar-refractivity contribution in [1.29, 1.82) is 0 Å². The molecule has 0 N–H and O–H groups in total. The molecule has 0 amide bonds. The van der Waals surface area contributed by atoms with E-state index in [0.29, 0.717) is 12.8 Å². The summed E-state index contributed by atoms with van der Waals surface area (Å²) in [6.45, 7) is 3.81. The molecule has 0 saturated carbocycles. The Morgan fingerprint density at radius 2 is 1.84 bits per heavy atom. The van der Waals surface area contributed by atoms with E-state index in [-0.39, 0.29) is 11.5 Å². The predicted octanol–water partition coefficient (Wildman–Crippen LogP) is 2.58. The lowest BCUT2D eigenvalue weighted by molar-refractivity contribution is -0.142. The second kappa shape index (κ2) is 7.28. The van der Waals surface area contributed by atoms with Crippen molar-refractivity contribution in [3.8, 4) is 0 Å². The molecule has 19 heavy (non-hydrogen) atoms. The van der Waals surface area contributed by atoms with Gasteiger partial charge in [0.25, 0.3) is 0 Å². The Balaban J connectivity index is 3.05. The Morgan fingerprint density at radius 3 is 2.37 bits per heavy atom. The average Bonchev–Trinajstić information content (AvgIpc) is 2.40. The van der Waals surface area contributed by atoms with Gasteiger partial charge >= 0.3 is 5.97 Å². The standard InChI is InChI=1S/C14H20O4S/c1-3-5-11-13(14(15)18-4-2)19(16,17)12-9-7-6-8-10-12/h6-10,13H,3-5,11H2,1-2H3. The average molecular weight is 284 g/mol. The molecular weight excluding hydrogens is 264 g/mol. The van der Waals surface area contributed by atoms with Crippen molar-refractivity contribution in [2.24, 2.45) is 0 Å². The van der Waals surface area contributed by atoms with Crippen LogP contribution in [-0.4, -0.2) is 26.2 Å². The number of sulfone groups is 1. The topological polar surface area (TPSA) is 60.4 Å². The van der Waals surface area contributed by atoms with Crippen LogP contribution in [0.25, 0.3) is 0 Å². The molecule has 1 atom stereocenters. The summed E-state index contributed by atoms with van der Waals surface area (Å²) >= 11 is 0. The Labute approximate surface area is 114 Å². The van der Waals surface area contributed by atoms with E-state index in [4.69, 9.17) is 4.74 Å². The maximum absolute atomic E-state index is 12.5. The highest BCUT2D eigenvalue weighted by Gasteiger charge is 2.34. The highest BCUT2D eigenvalue weighted by Crippen LogP contribution is 2.21. The van der Waals surface area contributed by atoms with Crippen LogP contribution in [-0.2, 0) is 19.4 Å². The molecule has 0 aliphatic rings. The Hall–Kier alpha value is -1.36. The monoisotopic (exact) mass is 284 g/mol. The van der Waals surface area contributed by atoms with Crippen molar-refractivity contribution >= 4 is 15.8 Å². The number of hydrogen-bond donors (Lipinski definition) is 0. The lowest BCUT2D eigenvalue weighted by atomic mass is 10.2. The smallest absolute Gasteiger partial charge is 0.324 e. The molecule has 0 bridgehead atoms. The van der Waals surface area contributed by atoms with Gasteiger partial charge in [0.2, 0.25) is 0 Å². The first kappa shape index (κ1) is 15.7. The lowest BCUT2D eigenvalue weighted by Gasteiger charge is -2.16. The summed E-state index contributed by atoms with van der Waals surface area (Å²) in [6.07, 6.45) is 1.81. The van der Waals surface area contributed by atoms with Crippen LogP contribution in [0.2, 0.25) is 0 Å². The molecule has 0 aliphatic heterocycles. The van der Waals surface area contributed by atoms with E-state index in [1.807, 2.05) is 6.92 Å². The minimum atomic E-state index is -3.67. The van der Waals surface area contributed by atoms with Crippen molar-refractivity contribution in [3.05, 3.63) is 30.3 Å². The molecular formula is C14H20O4S. The van der Waals surface area contributed by atoms with Gasteiger partial charge in [0.05, 0.1) is 11.5 Å². The molecule has 1 unspecified atom stereocenters.